The number of amides is 1. The summed E-state index contributed by atoms with van der Waals surface area (Å²) in [5, 5.41) is 12.3. The Bertz CT molecular complexity index is 1000. The zero-order chi connectivity index (χ0) is 22.9. The fraction of sp³-hybridized carbons (Fsp3) is 0.375. The van der Waals surface area contributed by atoms with Crippen molar-refractivity contribution in [2.24, 2.45) is 0 Å². The van der Waals surface area contributed by atoms with E-state index < -0.39 is 0 Å². The van der Waals surface area contributed by atoms with Crippen LogP contribution in [0.15, 0.2) is 53.7 Å². The number of rotatable bonds is 11. The molecule has 0 bridgehead atoms. The summed E-state index contributed by atoms with van der Waals surface area (Å²) in [5.41, 5.74) is 1.99. The number of methoxy groups -OCH3 is 2. The molecule has 0 aliphatic carbocycles. The Morgan fingerprint density at radius 3 is 2.25 bits per heavy atom. The maximum atomic E-state index is 12.7. The Morgan fingerprint density at radius 1 is 1.03 bits per heavy atom. The summed E-state index contributed by atoms with van der Waals surface area (Å²) in [4.78, 5) is 12.7. The lowest BCUT2D eigenvalue weighted by atomic mass is 10.2. The third-order valence-electron chi connectivity index (χ3n) is 5.08. The first kappa shape index (κ1) is 23.7. The Labute approximate surface area is 193 Å². The number of benzene rings is 2. The minimum atomic E-state index is -0.304. The number of aromatic nitrogens is 3. The summed E-state index contributed by atoms with van der Waals surface area (Å²) in [7, 11) is 3.28. The average molecular weight is 455 g/mol. The van der Waals surface area contributed by atoms with Crippen LogP contribution in [-0.2, 0) is 17.9 Å². The molecule has 0 spiro atoms. The Balaban J connectivity index is 1.68. The lowest BCUT2D eigenvalue weighted by molar-refractivity contribution is -0.120. The van der Waals surface area contributed by atoms with E-state index in [1.54, 1.807) is 14.2 Å². The van der Waals surface area contributed by atoms with Crippen molar-refractivity contribution in [3.05, 3.63) is 54.1 Å². The SMILES string of the molecule is CCCCn1c(S[C@H](C)C(=O)NCc2ccc(OC)cc2)nnc1-c1ccc(OC)cc1. The molecule has 0 fully saturated rings. The van der Waals surface area contributed by atoms with E-state index in [0.717, 1.165) is 53.0 Å². The van der Waals surface area contributed by atoms with Crippen LogP contribution in [0.5, 0.6) is 11.5 Å². The lowest BCUT2D eigenvalue weighted by Crippen LogP contribution is -2.30. The second-order valence-electron chi connectivity index (χ2n) is 7.37. The predicted octanol–water partition coefficient (Wildman–Crippen LogP) is 4.56. The molecule has 170 valence electrons. The van der Waals surface area contributed by atoms with E-state index in [-0.39, 0.29) is 11.2 Å². The molecule has 1 atom stereocenters. The number of hydrogen-bond acceptors (Lipinski definition) is 6. The number of nitrogens with zero attached hydrogens (tertiary/aromatic N) is 3. The van der Waals surface area contributed by atoms with Gasteiger partial charge in [0.2, 0.25) is 5.91 Å². The van der Waals surface area contributed by atoms with Crippen LogP contribution in [0.25, 0.3) is 11.4 Å². The quantitative estimate of drug-likeness (QED) is 0.428. The summed E-state index contributed by atoms with van der Waals surface area (Å²) in [6.07, 6.45) is 2.06. The molecule has 0 aliphatic rings. The van der Waals surface area contributed by atoms with Gasteiger partial charge in [-0.3, -0.25) is 4.79 Å². The molecule has 0 radical (unpaired) electrons. The van der Waals surface area contributed by atoms with Crippen LogP contribution in [0.3, 0.4) is 0 Å². The zero-order valence-corrected chi connectivity index (χ0v) is 19.8. The van der Waals surface area contributed by atoms with E-state index in [1.807, 2.05) is 55.5 Å². The summed E-state index contributed by atoms with van der Waals surface area (Å²) in [5.74, 6) is 2.35. The van der Waals surface area contributed by atoms with Crippen molar-refractivity contribution >= 4 is 17.7 Å². The molecule has 32 heavy (non-hydrogen) atoms. The van der Waals surface area contributed by atoms with E-state index in [4.69, 9.17) is 9.47 Å². The minimum Gasteiger partial charge on any atom is -0.497 e. The number of thioether (sulfide) groups is 1. The molecule has 8 heteroatoms. The fourth-order valence-electron chi connectivity index (χ4n) is 3.14. The van der Waals surface area contributed by atoms with E-state index >= 15 is 0 Å². The summed E-state index contributed by atoms with van der Waals surface area (Å²) in [6.45, 7) is 5.31. The highest BCUT2D eigenvalue weighted by atomic mass is 32.2. The van der Waals surface area contributed by atoms with Crippen molar-refractivity contribution in [3.63, 3.8) is 0 Å². The number of nitrogens with one attached hydrogen (secondary N) is 1. The van der Waals surface area contributed by atoms with Gasteiger partial charge in [0, 0.05) is 18.7 Å². The number of carbonyl (C=O) groups is 1. The molecule has 3 rings (SSSR count). The molecule has 0 saturated heterocycles. The van der Waals surface area contributed by atoms with Crippen molar-refractivity contribution in [1.29, 1.82) is 0 Å². The van der Waals surface area contributed by atoms with Crippen molar-refractivity contribution in [3.8, 4) is 22.9 Å². The topological polar surface area (TPSA) is 78.3 Å². The average Bonchev–Trinajstić information content (AvgIpc) is 3.23. The highest BCUT2D eigenvalue weighted by molar-refractivity contribution is 8.00. The van der Waals surface area contributed by atoms with Crippen LogP contribution in [0.2, 0.25) is 0 Å². The molecular weight excluding hydrogens is 424 g/mol. The van der Waals surface area contributed by atoms with Gasteiger partial charge in [0.05, 0.1) is 19.5 Å². The van der Waals surface area contributed by atoms with Crippen molar-refractivity contribution in [1.82, 2.24) is 20.1 Å². The van der Waals surface area contributed by atoms with Gasteiger partial charge < -0.3 is 19.4 Å². The van der Waals surface area contributed by atoms with E-state index in [9.17, 15) is 4.79 Å². The Kier molecular flexibility index (Phi) is 8.56. The molecule has 1 heterocycles. The van der Waals surface area contributed by atoms with Gasteiger partial charge in [-0.05, 0) is 55.3 Å². The van der Waals surface area contributed by atoms with E-state index in [0.29, 0.717) is 6.54 Å². The van der Waals surface area contributed by atoms with Gasteiger partial charge in [-0.1, -0.05) is 37.2 Å². The Hall–Kier alpha value is -3.00. The zero-order valence-electron chi connectivity index (χ0n) is 19.0. The third-order valence-corrected chi connectivity index (χ3v) is 6.16. The van der Waals surface area contributed by atoms with Gasteiger partial charge in [0.15, 0.2) is 11.0 Å². The summed E-state index contributed by atoms with van der Waals surface area (Å²) in [6, 6.07) is 15.4. The lowest BCUT2D eigenvalue weighted by Gasteiger charge is -2.14. The molecular formula is C24H30N4O3S. The molecule has 3 aromatic rings. The Morgan fingerprint density at radius 2 is 1.66 bits per heavy atom. The fourth-order valence-corrected chi connectivity index (χ4v) is 4.03. The minimum absolute atomic E-state index is 0.0399. The second-order valence-corrected chi connectivity index (χ2v) is 8.67. The molecule has 1 aromatic heterocycles. The maximum absolute atomic E-state index is 12.7. The van der Waals surface area contributed by atoms with E-state index in [1.165, 1.54) is 11.8 Å². The third kappa shape index (κ3) is 6.03. The molecule has 0 aliphatic heterocycles. The van der Waals surface area contributed by atoms with Crippen LogP contribution in [0.1, 0.15) is 32.3 Å². The maximum Gasteiger partial charge on any atom is 0.233 e. The summed E-state index contributed by atoms with van der Waals surface area (Å²) < 4.78 is 12.5. The number of carbonyl (C=O) groups excluding carboxylic acids is 1. The van der Waals surface area contributed by atoms with Crippen LogP contribution < -0.4 is 14.8 Å². The summed E-state index contributed by atoms with van der Waals surface area (Å²) >= 11 is 1.43. The number of hydrogen-bond donors (Lipinski definition) is 1. The normalized spacial score (nSPS) is 11.8. The van der Waals surface area contributed by atoms with Gasteiger partial charge >= 0.3 is 0 Å². The highest BCUT2D eigenvalue weighted by Crippen LogP contribution is 2.28. The highest BCUT2D eigenvalue weighted by Gasteiger charge is 2.20. The number of ether oxygens (including phenoxy) is 2. The number of unbranched alkanes of at least 4 members (excludes halogenated alkanes) is 1. The molecule has 1 amide bonds. The molecule has 7 nitrogen and oxygen atoms in total. The van der Waals surface area contributed by atoms with Crippen molar-refractivity contribution < 1.29 is 14.3 Å². The second kappa shape index (κ2) is 11.6. The van der Waals surface area contributed by atoms with Gasteiger partial charge in [-0.25, -0.2) is 0 Å². The molecule has 1 N–H and O–H groups in total. The first-order valence-corrected chi connectivity index (χ1v) is 11.6. The first-order valence-electron chi connectivity index (χ1n) is 10.7. The first-order chi connectivity index (χ1) is 15.5. The molecule has 2 aromatic carbocycles. The van der Waals surface area contributed by atoms with Crippen LogP contribution in [-0.4, -0.2) is 40.1 Å². The van der Waals surface area contributed by atoms with Crippen molar-refractivity contribution in [2.75, 3.05) is 14.2 Å². The molecule has 0 unspecified atom stereocenters. The van der Waals surface area contributed by atoms with E-state index in [2.05, 4.69) is 27.0 Å². The van der Waals surface area contributed by atoms with Crippen LogP contribution in [0, 0.1) is 0 Å². The van der Waals surface area contributed by atoms with Crippen LogP contribution >= 0.6 is 11.8 Å². The van der Waals surface area contributed by atoms with Gasteiger partial charge in [-0.15, -0.1) is 10.2 Å². The van der Waals surface area contributed by atoms with Gasteiger partial charge in [0.1, 0.15) is 11.5 Å². The smallest absolute Gasteiger partial charge is 0.233 e. The molecule has 0 saturated carbocycles. The standard InChI is InChI=1S/C24H30N4O3S/c1-5-6-15-28-22(19-9-13-21(31-4)14-10-19)26-27-24(28)32-17(2)23(29)25-16-18-7-11-20(30-3)12-8-18/h7-14,17H,5-6,15-16H2,1-4H3,(H,25,29)/t17-/m1/s1. The predicted molar refractivity (Wildman–Crippen MR) is 127 cm³/mol. The van der Waals surface area contributed by atoms with Crippen LogP contribution in [0.4, 0.5) is 0 Å². The largest absolute Gasteiger partial charge is 0.497 e. The van der Waals surface area contributed by atoms with Crippen molar-refractivity contribution in [2.45, 2.75) is 50.2 Å². The van der Waals surface area contributed by atoms with Gasteiger partial charge in [0.25, 0.3) is 0 Å². The monoisotopic (exact) mass is 454 g/mol. The van der Waals surface area contributed by atoms with Gasteiger partial charge in [-0.2, -0.15) is 0 Å².